The first-order valence-corrected chi connectivity index (χ1v) is 18.5. The van der Waals surface area contributed by atoms with Crippen molar-refractivity contribution in [2.45, 2.75) is 121 Å². The van der Waals surface area contributed by atoms with Crippen molar-refractivity contribution >= 4 is 40.9 Å². The van der Waals surface area contributed by atoms with Crippen LogP contribution in [0.2, 0.25) is 0 Å². The fourth-order valence-corrected chi connectivity index (χ4v) is 7.85. The van der Waals surface area contributed by atoms with Gasteiger partial charge in [-0.15, -0.1) is 0 Å². The third kappa shape index (κ3) is 7.83. The minimum Gasteiger partial charge on any atom is -0.495 e. The number of ether oxygens (including phenoxy) is 2. The van der Waals surface area contributed by atoms with Crippen LogP contribution in [0.4, 0.5) is 23.1 Å². The molecule has 0 unspecified atom stereocenters. The van der Waals surface area contributed by atoms with E-state index in [0.717, 1.165) is 83.1 Å². The van der Waals surface area contributed by atoms with E-state index in [4.69, 9.17) is 20.2 Å². The minimum atomic E-state index is -1.01. The summed E-state index contributed by atoms with van der Waals surface area (Å²) in [6.45, 7) is 6.14. The van der Waals surface area contributed by atoms with E-state index in [1.54, 1.807) is 50.4 Å². The Morgan fingerprint density at radius 3 is 2.44 bits per heavy atom. The van der Waals surface area contributed by atoms with Gasteiger partial charge in [-0.2, -0.15) is 4.98 Å². The third-order valence-corrected chi connectivity index (χ3v) is 11.0. The van der Waals surface area contributed by atoms with E-state index in [1.165, 1.54) is 0 Å². The number of rotatable bonds is 12. The number of piperidine rings is 1. The lowest BCUT2D eigenvalue weighted by molar-refractivity contribution is -0.155. The molecular formula is C37H54N8O5. The van der Waals surface area contributed by atoms with Crippen LogP contribution >= 0.6 is 0 Å². The van der Waals surface area contributed by atoms with Crippen molar-refractivity contribution < 1.29 is 23.9 Å². The van der Waals surface area contributed by atoms with Crippen molar-refractivity contribution in [3.63, 3.8) is 0 Å². The van der Waals surface area contributed by atoms with Crippen LogP contribution in [0, 0.1) is 0 Å². The summed E-state index contributed by atoms with van der Waals surface area (Å²) in [4.78, 5) is 54.9. The van der Waals surface area contributed by atoms with Gasteiger partial charge in [0.05, 0.1) is 19.0 Å². The van der Waals surface area contributed by atoms with Crippen LogP contribution in [0.3, 0.4) is 0 Å². The number of likely N-dealkylation sites (tertiary alicyclic amines) is 1. The quantitative estimate of drug-likeness (QED) is 0.269. The maximum atomic E-state index is 13.3. The monoisotopic (exact) mass is 690 g/mol. The number of nitrogens with two attached hydrogens (primary N) is 1. The van der Waals surface area contributed by atoms with Gasteiger partial charge in [0.15, 0.2) is 5.82 Å². The average molecular weight is 691 g/mol. The number of fused-ring (bicyclic) bond motifs is 1. The average Bonchev–Trinajstić information content (AvgIpc) is 3.85. The van der Waals surface area contributed by atoms with E-state index in [0.29, 0.717) is 48.0 Å². The number of amides is 2. The Hall–Kier alpha value is -3.97. The zero-order valence-electron chi connectivity index (χ0n) is 30.1. The molecule has 272 valence electrons. The molecule has 3 fully saturated rings. The highest BCUT2D eigenvalue weighted by Crippen LogP contribution is 2.40. The molecule has 0 radical (unpaired) electrons. The standard InChI is InChI=1S/C37H54N8O5/c1-5-29-34(47)43(3)30-23-39-36(42-32(30)45(29)26-10-6-7-11-26)41-28-15-14-24(22-31(28)49-4)33(46)40-25-16-19-44(20-17-25)21-18-37(2,38)35(48)50-27-12-8-9-13-27/h14-15,22-23,25-27,29H,5-13,16-21,38H2,1-4H3,(H,40,46)(H,39,41,42)/t29-,37-/m1/s1. The molecule has 1 aromatic carbocycles. The summed E-state index contributed by atoms with van der Waals surface area (Å²) >= 11 is 0. The summed E-state index contributed by atoms with van der Waals surface area (Å²) in [5.74, 6) is 1.27. The maximum Gasteiger partial charge on any atom is 0.326 e. The minimum absolute atomic E-state index is 0.0121. The predicted molar refractivity (Wildman–Crippen MR) is 193 cm³/mol. The zero-order valence-corrected chi connectivity index (χ0v) is 30.1. The molecule has 1 aromatic heterocycles. The fraction of sp³-hybridized carbons (Fsp3) is 0.649. The second kappa shape index (κ2) is 15.5. The van der Waals surface area contributed by atoms with Crippen LogP contribution in [0.15, 0.2) is 24.4 Å². The van der Waals surface area contributed by atoms with Gasteiger partial charge in [0.1, 0.15) is 29.1 Å². The number of hydrogen-bond acceptors (Lipinski definition) is 11. The molecule has 2 atom stereocenters. The van der Waals surface area contributed by atoms with Crippen LogP contribution in [-0.2, 0) is 14.3 Å². The van der Waals surface area contributed by atoms with E-state index in [2.05, 4.69) is 25.4 Å². The summed E-state index contributed by atoms with van der Waals surface area (Å²) in [6.07, 6.45) is 13.0. The van der Waals surface area contributed by atoms with Crippen molar-refractivity contribution in [1.82, 2.24) is 20.2 Å². The molecular weight excluding hydrogens is 636 g/mol. The smallest absolute Gasteiger partial charge is 0.326 e. The van der Waals surface area contributed by atoms with Crippen molar-refractivity contribution in [3.05, 3.63) is 30.0 Å². The van der Waals surface area contributed by atoms with Crippen molar-refractivity contribution in [1.29, 1.82) is 0 Å². The lowest BCUT2D eigenvalue weighted by Gasteiger charge is -2.43. The summed E-state index contributed by atoms with van der Waals surface area (Å²) in [6, 6.07) is 5.36. The largest absolute Gasteiger partial charge is 0.495 e. The fourth-order valence-electron chi connectivity index (χ4n) is 7.85. The summed E-state index contributed by atoms with van der Waals surface area (Å²) in [7, 11) is 3.36. The SMILES string of the molecule is CC[C@@H]1C(=O)N(C)c2cnc(Nc3ccc(C(=O)NC4CCN(CC[C@@](C)(N)C(=O)OC5CCCC5)CC4)cc3OC)nc2N1C1CCCC1. The molecule has 3 heterocycles. The Bertz CT molecular complexity index is 1530. The summed E-state index contributed by atoms with van der Waals surface area (Å²) < 4.78 is 11.4. The van der Waals surface area contributed by atoms with Gasteiger partial charge >= 0.3 is 5.97 Å². The molecule has 0 spiro atoms. The van der Waals surface area contributed by atoms with E-state index in [-0.39, 0.29) is 42.0 Å². The highest BCUT2D eigenvalue weighted by molar-refractivity contribution is 6.04. The van der Waals surface area contributed by atoms with Gasteiger partial charge in [0.2, 0.25) is 11.9 Å². The van der Waals surface area contributed by atoms with Gasteiger partial charge in [0, 0.05) is 44.3 Å². The lowest BCUT2D eigenvalue weighted by atomic mass is 9.97. The molecule has 13 heteroatoms. The lowest BCUT2D eigenvalue weighted by Crippen LogP contribution is -2.55. The molecule has 0 bridgehead atoms. The van der Waals surface area contributed by atoms with Gasteiger partial charge in [-0.25, -0.2) is 4.98 Å². The molecule has 1 saturated heterocycles. The molecule has 2 aliphatic carbocycles. The van der Waals surface area contributed by atoms with E-state index in [9.17, 15) is 14.4 Å². The summed E-state index contributed by atoms with van der Waals surface area (Å²) in [5.41, 5.74) is 7.20. The van der Waals surface area contributed by atoms with Crippen LogP contribution in [0.25, 0.3) is 0 Å². The van der Waals surface area contributed by atoms with E-state index < -0.39 is 5.54 Å². The highest BCUT2D eigenvalue weighted by Gasteiger charge is 2.41. The molecule has 50 heavy (non-hydrogen) atoms. The number of nitrogens with one attached hydrogen (secondary N) is 2. The Balaban J connectivity index is 1.04. The second-order valence-electron chi connectivity index (χ2n) is 14.7. The number of likely N-dealkylation sites (N-methyl/N-ethyl adjacent to an activating group) is 1. The van der Waals surface area contributed by atoms with Crippen LogP contribution in [0.1, 0.15) is 101 Å². The first-order chi connectivity index (χ1) is 24.1. The first kappa shape index (κ1) is 35.8. The second-order valence-corrected chi connectivity index (χ2v) is 14.7. The topological polar surface area (TPSA) is 155 Å². The number of aromatic nitrogens is 2. The van der Waals surface area contributed by atoms with Gasteiger partial charge in [-0.3, -0.25) is 14.4 Å². The van der Waals surface area contributed by atoms with Gasteiger partial charge in [0.25, 0.3) is 5.91 Å². The zero-order chi connectivity index (χ0) is 35.4. The molecule has 6 rings (SSSR count). The molecule has 4 N–H and O–H groups in total. The number of esters is 1. The molecule has 2 saturated carbocycles. The normalized spacial score (nSPS) is 21.9. The maximum absolute atomic E-state index is 13.3. The van der Waals surface area contributed by atoms with E-state index in [1.807, 2.05) is 6.92 Å². The van der Waals surface area contributed by atoms with E-state index >= 15 is 0 Å². The number of hydrogen-bond donors (Lipinski definition) is 3. The Kier molecular flexibility index (Phi) is 11.1. The Labute approximate surface area is 295 Å². The van der Waals surface area contributed by atoms with Gasteiger partial charge < -0.3 is 40.5 Å². The number of carbonyl (C=O) groups excluding carboxylic acids is 3. The molecule has 4 aliphatic rings. The Morgan fingerprint density at radius 1 is 1.06 bits per heavy atom. The Morgan fingerprint density at radius 2 is 1.76 bits per heavy atom. The molecule has 2 aliphatic heterocycles. The number of nitrogens with zero attached hydrogens (tertiary/aromatic N) is 5. The highest BCUT2D eigenvalue weighted by atomic mass is 16.5. The number of anilines is 4. The van der Waals surface area contributed by atoms with Gasteiger partial charge in [-0.05, 0) is 89.3 Å². The van der Waals surface area contributed by atoms with Crippen LogP contribution in [0.5, 0.6) is 5.75 Å². The third-order valence-electron chi connectivity index (χ3n) is 11.0. The number of carbonyl (C=O) groups is 3. The van der Waals surface area contributed by atoms with Crippen LogP contribution < -0.4 is 30.9 Å². The first-order valence-electron chi connectivity index (χ1n) is 18.5. The predicted octanol–water partition coefficient (Wildman–Crippen LogP) is 4.52. The van der Waals surface area contributed by atoms with Crippen molar-refractivity contribution in [2.75, 3.05) is 48.9 Å². The summed E-state index contributed by atoms with van der Waals surface area (Å²) in [5, 5.41) is 6.48. The van der Waals surface area contributed by atoms with Crippen LogP contribution in [-0.4, -0.2) is 96.2 Å². The number of benzene rings is 1. The molecule has 13 nitrogen and oxygen atoms in total. The van der Waals surface area contributed by atoms with Crippen molar-refractivity contribution in [3.8, 4) is 5.75 Å². The van der Waals surface area contributed by atoms with Gasteiger partial charge in [-0.1, -0.05) is 19.8 Å². The molecule has 2 aromatic rings. The number of methoxy groups -OCH3 is 1. The molecule has 2 amide bonds. The van der Waals surface area contributed by atoms with Crippen molar-refractivity contribution in [2.24, 2.45) is 5.73 Å².